The fraction of sp³-hybridized carbons (Fsp3) is 0.304. The lowest BCUT2D eigenvalue weighted by molar-refractivity contribution is 0.338. The number of aromatic nitrogens is 4. The minimum atomic E-state index is -3.76. The molecule has 0 radical (unpaired) electrons. The van der Waals surface area contributed by atoms with Gasteiger partial charge >= 0.3 is 5.69 Å². The molecule has 0 fully saturated rings. The average molecular weight is 471 g/mol. The van der Waals surface area contributed by atoms with E-state index in [0.29, 0.717) is 46.3 Å². The summed E-state index contributed by atoms with van der Waals surface area (Å²) in [7, 11) is 1.29. The van der Waals surface area contributed by atoms with Gasteiger partial charge in [-0.15, -0.1) is 0 Å². The molecule has 174 valence electrons. The number of benzene rings is 2. The van der Waals surface area contributed by atoms with Gasteiger partial charge in [0.2, 0.25) is 9.84 Å². The Bertz CT molecular complexity index is 1490. The maximum atomic E-state index is 13.2. The molecule has 0 amide bonds. The first-order valence-corrected chi connectivity index (χ1v) is 12.1. The van der Waals surface area contributed by atoms with E-state index in [-0.39, 0.29) is 16.5 Å². The van der Waals surface area contributed by atoms with Gasteiger partial charge in [0, 0.05) is 45.0 Å². The fourth-order valence-corrected chi connectivity index (χ4v) is 5.03. The molecule has 33 heavy (non-hydrogen) atoms. The van der Waals surface area contributed by atoms with Crippen LogP contribution in [0.1, 0.15) is 18.3 Å². The van der Waals surface area contributed by atoms with E-state index in [1.807, 2.05) is 13.0 Å². The first-order chi connectivity index (χ1) is 15.6. The van der Waals surface area contributed by atoms with Gasteiger partial charge in [-0.1, -0.05) is 6.07 Å². The predicted octanol–water partition coefficient (Wildman–Crippen LogP) is 3.08. The summed E-state index contributed by atoms with van der Waals surface area (Å²) in [6.45, 7) is 4.14. The number of ether oxygens (including phenoxy) is 2. The number of imidazole rings is 2. The Labute approximate surface area is 191 Å². The van der Waals surface area contributed by atoms with Crippen LogP contribution in [0.25, 0.3) is 11.0 Å². The van der Waals surface area contributed by atoms with Crippen LogP contribution in [0.5, 0.6) is 17.2 Å². The Morgan fingerprint density at radius 2 is 1.67 bits per heavy atom. The lowest BCUT2D eigenvalue weighted by Crippen LogP contribution is -2.19. The van der Waals surface area contributed by atoms with E-state index < -0.39 is 9.84 Å². The second-order valence-electron chi connectivity index (χ2n) is 7.86. The number of hydrogen-bond acceptors (Lipinski definition) is 6. The quantitative estimate of drug-likeness (QED) is 0.412. The van der Waals surface area contributed by atoms with E-state index in [9.17, 15) is 13.2 Å². The average Bonchev–Trinajstić information content (AvgIpc) is 3.21. The molecule has 0 spiro atoms. The van der Waals surface area contributed by atoms with Crippen molar-refractivity contribution in [1.82, 2.24) is 18.7 Å². The molecular formula is C23H26N4O5S. The number of sulfone groups is 1. The normalized spacial score (nSPS) is 11.8. The zero-order chi connectivity index (χ0) is 23.9. The molecule has 0 aliphatic carbocycles. The Morgan fingerprint density at radius 3 is 2.30 bits per heavy atom. The van der Waals surface area contributed by atoms with E-state index in [1.165, 1.54) is 15.3 Å². The summed E-state index contributed by atoms with van der Waals surface area (Å²) in [6.07, 6.45) is 1.49. The van der Waals surface area contributed by atoms with Gasteiger partial charge < -0.3 is 14.0 Å². The van der Waals surface area contributed by atoms with Crippen molar-refractivity contribution in [2.24, 2.45) is 21.1 Å². The van der Waals surface area contributed by atoms with Crippen LogP contribution in [0.3, 0.4) is 0 Å². The largest absolute Gasteiger partial charge is 0.494 e. The number of aryl methyl sites for hydroxylation is 4. The third-order valence-corrected chi connectivity index (χ3v) is 7.07. The molecule has 4 aromatic rings. The molecule has 0 aliphatic heterocycles. The Kier molecular flexibility index (Phi) is 5.79. The van der Waals surface area contributed by atoms with E-state index in [0.717, 1.165) is 0 Å². The summed E-state index contributed by atoms with van der Waals surface area (Å²) in [5.74, 6) is 1.74. The summed E-state index contributed by atoms with van der Waals surface area (Å²) in [5, 5.41) is -0.00570. The molecular weight excluding hydrogens is 444 g/mol. The topological polar surface area (TPSA) is 97.3 Å². The van der Waals surface area contributed by atoms with Crippen LogP contribution in [0.15, 0.2) is 52.4 Å². The third kappa shape index (κ3) is 4.25. The summed E-state index contributed by atoms with van der Waals surface area (Å²) in [4.78, 5) is 16.7. The highest BCUT2D eigenvalue weighted by molar-refractivity contribution is 7.90. The first kappa shape index (κ1) is 22.7. The smallest absolute Gasteiger partial charge is 0.328 e. The molecule has 2 aromatic carbocycles. The molecule has 4 rings (SSSR count). The van der Waals surface area contributed by atoms with Crippen molar-refractivity contribution >= 4 is 20.9 Å². The maximum absolute atomic E-state index is 13.2. The molecule has 0 atom stereocenters. The van der Waals surface area contributed by atoms with E-state index >= 15 is 0 Å². The number of fused-ring (bicyclic) bond motifs is 1. The predicted molar refractivity (Wildman–Crippen MR) is 125 cm³/mol. The van der Waals surface area contributed by atoms with Crippen molar-refractivity contribution in [2.75, 3.05) is 6.61 Å². The monoisotopic (exact) mass is 470 g/mol. The first-order valence-electron chi connectivity index (χ1n) is 10.4. The third-order valence-electron chi connectivity index (χ3n) is 5.55. The minimum Gasteiger partial charge on any atom is -0.494 e. The second kappa shape index (κ2) is 8.43. The molecule has 0 aliphatic rings. The van der Waals surface area contributed by atoms with Crippen molar-refractivity contribution in [3.8, 4) is 17.2 Å². The van der Waals surface area contributed by atoms with Gasteiger partial charge in [0.05, 0.1) is 23.4 Å². The van der Waals surface area contributed by atoms with E-state index in [1.54, 1.807) is 63.0 Å². The SMILES string of the molecule is CCOc1cccc(Oc2cc3c(cc2CS(=O)(=O)c2cn(C)c(C)n2)n(C)c(=O)n3C)c1. The number of rotatable bonds is 7. The highest BCUT2D eigenvalue weighted by Gasteiger charge is 2.24. The Balaban J connectivity index is 1.83. The Hall–Kier alpha value is -3.53. The fourth-order valence-electron chi connectivity index (χ4n) is 3.65. The molecule has 0 saturated carbocycles. The van der Waals surface area contributed by atoms with Crippen LogP contribution in [0.2, 0.25) is 0 Å². The lowest BCUT2D eigenvalue weighted by atomic mass is 10.2. The zero-order valence-corrected chi connectivity index (χ0v) is 20.0. The van der Waals surface area contributed by atoms with Crippen LogP contribution in [0, 0.1) is 6.92 Å². The number of hydrogen-bond donors (Lipinski definition) is 0. The molecule has 9 nitrogen and oxygen atoms in total. The van der Waals surface area contributed by atoms with Gasteiger partial charge in [0.15, 0.2) is 5.03 Å². The van der Waals surface area contributed by atoms with Crippen molar-refractivity contribution in [2.45, 2.75) is 24.6 Å². The zero-order valence-electron chi connectivity index (χ0n) is 19.2. The summed E-state index contributed by atoms with van der Waals surface area (Å²) in [6, 6.07) is 10.5. The van der Waals surface area contributed by atoms with Crippen LogP contribution < -0.4 is 15.2 Å². The summed E-state index contributed by atoms with van der Waals surface area (Å²) >= 11 is 0. The Morgan fingerprint density at radius 1 is 1.00 bits per heavy atom. The molecule has 0 N–H and O–H groups in total. The number of nitrogens with zero attached hydrogens (tertiary/aromatic N) is 4. The molecule has 2 aromatic heterocycles. The van der Waals surface area contributed by atoms with Crippen LogP contribution in [-0.2, 0) is 36.7 Å². The standard InChI is InChI=1S/C23H26N4O5S/c1-6-31-17-8-7-9-18(11-17)32-21-12-20-19(26(4)23(28)27(20)5)10-16(21)14-33(29,30)22-13-25(3)15(2)24-22/h7-13H,6,14H2,1-5H3. The van der Waals surface area contributed by atoms with Gasteiger partial charge in [0.1, 0.15) is 23.1 Å². The van der Waals surface area contributed by atoms with Gasteiger partial charge in [-0.2, -0.15) is 0 Å². The van der Waals surface area contributed by atoms with Crippen LogP contribution >= 0.6 is 0 Å². The van der Waals surface area contributed by atoms with Crippen molar-refractivity contribution in [3.63, 3.8) is 0 Å². The van der Waals surface area contributed by atoms with E-state index in [4.69, 9.17) is 9.47 Å². The van der Waals surface area contributed by atoms with Gasteiger partial charge in [-0.25, -0.2) is 18.2 Å². The second-order valence-corrected chi connectivity index (χ2v) is 9.79. The molecule has 0 saturated heterocycles. The lowest BCUT2D eigenvalue weighted by Gasteiger charge is -2.13. The summed E-state index contributed by atoms with van der Waals surface area (Å²) < 4.78 is 42.7. The maximum Gasteiger partial charge on any atom is 0.328 e. The molecule has 0 unspecified atom stereocenters. The van der Waals surface area contributed by atoms with Crippen molar-refractivity contribution in [3.05, 3.63) is 64.5 Å². The molecule has 2 heterocycles. The highest BCUT2D eigenvalue weighted by atomic mass is 32.2. The van der Waals surface area contributed by atoms with Crippen molar-refractivity contribution < 1.29 is 17.9 Å². The van der Waals surface area contributed by atoms with Gasteiger partial charge in [-0.05, 0) is 32.0 Å². The minimum absolute atomic E-state index is 0.00570. The molecule has 10 heteroatoms. The summed E-state index contributed by atoms with van der Waals surface area (Å²) in [5.41, 5.74) is 1.46. The highest BCUT2D eigenvalue weighted by Crippen LogP contribution is 2.33. The van der Waals surface area contributed by atoms with Gasteiger partial charge in [0.25, 0.3) is 0 Å². The molecule has 0 bridgehead atoms. The van der Waals surface area contributed by atoms with Gasteiger partial charge in [-0.3, -0.25) is 9.13 Å². The van der Waals surface area contributed by atoms with Crippen LogP contribution in [0.4, 0.5) is 0 Å². The van der Waals surface area contributed by atoms with E-state index in [2.05, 4.69) is 4.98 Å². The van der Waals surface area contributed by atoms with Crippen LogP contribution in [-0.4, -0.2) is 33.7 Å². The van der Waals surface area contributed by atoms with Crippen molar-refractivity contribution in [1.29, 1.82) is 0 Å².